The van der Waals surface area contributed by atoms with Crippen LogP contribution in [0.3, 0.4) is 0 Å². The summed E-state index contributed by atoms with van der Waals surface area (Å²) in [7, 11) is 1.91. The van der Waals surface area contributed by atoms with E-state index >= 15 is 0 Å². The van der Waals surface area contributed by atoms with E-state index in [4.69, 9.17) is 4.74 Å². The lowest BCUT2D eigenvalue weighted by Gasteiger charge is -2.11. The fourth-order valence-corrected chi connectivity index (χ4v) is 1.73. The molecule has 0 heterocycles. The standard InChI is InChI=1S/C15H17NO2/c1-16-10-13-4-2-3-5-15(13)18-11-12-6-8-14(17)9-7-12/h2-9,16-17H,10-11H2,1H3. The van der Waals surface area contributed by atoms with Gasteiger partial charge in [0.05, 0.1) is 0 Å². The molecular formula is C15H17NO2. The molecule has 0 unspecified atom stereocenters. The zero-order chi connectivity index (χ0) is 12.8. The van der Waals surface area contributed by atoms with Gasteiger partial charge in [-0.1, -0.05) is 30.3 Å². The van der Waals surface area contributed by atoms with E-state index < -0.39 is 0 Å². The monoisotopic (exact) mass is 243 g/mol. The Bertz CT molecular complexity index is 494. The summed E-state index contributed by atoms with van der Waals surface area (Å²) in [6, 6.07) is 15.0. The summed E-state index contributed by atoms with van der Waals surface area (Å²) < 4.78 is 5.79. The fraction of sp³-hybridized carbons (Fsp3) is 0.200. The van der Waals surface area contributed by atoms with Gasteiger partial charge in [0.25, 0.3) is 0 Å². The van der Waals surface area contributed by atoms with Crippen molar-refractivity contribution in [3.05, 3.63) is 59.7 Å². The summed E-state index contributed by atoms with van der Waals surface area (Å²) in [5.41, 5.74) is 2.17. The lowest BCUT2D eigenvalue weighted by molar-refractivity contribution is 0.302. The number of phenolic OH excluding ortho intramolecular Hbond substituents is 1. The smallest absolute Gasteiger partial charge is 0.124 e. The Morgan fingerprint density at radius 3 is 2.50 bits per heavy atom. The van der Waals surface area contributed by atoms with Gasteiger partial charge in [0.2, 0.25) is 0 Å². The molecule has 2 N–H and O–H groups in total. The van der Waals surface area contributed by atoms with Crippen molar-refractivity contribution in [1.82, 2.24) is 5.32 Å². The predicted octanol–water partition coefficient (Wildman–Crippen LogP) is 2.69. The summed E-state index contributed by atoms with van der Waals surface area (Å²) in [6.45, 7) is 1.28. The third-order valence-corrected chi connectivity index (χ3v) is 2.67. The molecule has 2 aromatic carbocycles. The number of ether oxygens (including phenoxy) is 1. The molecule has 0 saturated heterocycles. The minimum atomic E-state index is 0.273. The van der Waals surface area contributed by atoms with Crippen LogP contribution in [0.5, 0.6) is 11.5 Å². The van der Waals surface area contributed by atoms with Crippen LogP contribution >= 0.6 is 0 Å². The molecule has 18 heavy (non-hydrogen) atoms. The van der Waals surface area contributed by atoms with E-state index in [1.165, 1.54) is 0 Å². The molecule has 0 atom stereocenters. The van der Waals surface area contributed by atoms with Gasteiger partial charge in [-0.2, -0.15) is 0 Å². The fourth-order valence-electron chi connectivity index (χ4n) is 1.73. The number of rotatable bonds is 5. The van der Waals surface area contributed by atoms with Crippen molar-refractivity contribution in [1.29, 1.82) is 0 Å². The average Bonchev–Trinajstić information content (AvgIpc) is 2.40. The lowest BCUT2D eigenvalue weighted by atomic mass is 10.2. The second-order valence-electron chi connectivity index (χ2n) is 4.09. The third kappa shape index (κ3) is 3.25. The van der Waals surface area contributed by atoms with Crippen LogP contribution in [0, 0.1) is 0 Å². The maximum atomic E-state index is 9.21. The minimum absolute atomic E-state index is 0.273. The van der Waals surface area contributed by atoms with Gasteiger partial charge < -0.3 is 15.2 Å². The zero-order valence-corrected chi connectivity index (χ0v) is 10.4. The molecule has 0 spiro atoms. The summed E-state index contributed by atoms with van der Waals surface area (Å²) in [5.74, 6) is 1.16. The summed E-state index contributed by atoms with van der Waals surface area (Å²) >= 11 is 0. The molecule has 0 aliphatic carbocycles. The summed E-state index contributed by atoms with van der Waals surface area (Å²) in [5, 5.41) is 12.3. The number of nitrogens with one attached hydrogen (secondary N) is 1. The minimum Gasteiger partial charge on any atom is -0.508 e. The van der Waals surface area contributed by atoms with Crippen molar-refractivity contribution >= 4 is 0 Å². The van der Waals surface area contributed by atoms with Gasteiger partial charge in [-0.05, 0) is 30.8 Å². The van der Waals surface area contributed by atoms with Crippen molar-refractivity contribution in [2.45, 2.75) is 13.2 Å². The third-order valence-electron chi connectivity index (χ3n) is 2.67. The zero-order valence-electron chi connectivity index (χ0n) is 10.4. The van der Waals surface area contributed by atoms with E-state index in [2.05, 4.69) is 5.32 Å². The quantitative estimate of drug-likeness (QED) is 0.848. The van der Waals surface area contributed by atoms with E-state index in [1.54, 1.807) is 12.1 Å². The first kappa shape index (κ1) is 12.5. The number of benzene rings is 2. The Labute approximate surface area is 107 Å². The Morgan fingerprint density at radius 2 is 1.78 bits per heavy atom. The predicted molar refractivity (Wildman–Crippen MR) is 71.6 cm³/mol. The first-order chi connectivity index (χ1) is 8.79. The second-order valence-corrected chi connectivity index (χ2v) is 4.09. The Kier molecular flexibility index (Phi) is 4.20. The molecule has 2 aromatic rings. The number of phenols is 1. The number of aromatic hydroxyl groups is 1. The van der Waals surface area contributed by atoms with Gasteiger partial charge in [-0.3, -0.25) is 0 Å². The van der Waals surface area contributed by atoms with Gasteiger partial charge in [0.15, 0.2) is 0 Å². The maximum Gasteiger partial charge on any atom is 0.124 e. The van der Waals surface area contributed by atoms with Crippen molar-refractivity contribution < 1.29 is 9.84 Å². The maximum absolute atomic E-state index is 9.21. The second kappa shape index (κ2) is 6.07. The molecule has 2 rings (SSSR count). The van der Waals surface area contributed by atoms with Crippen molar-refractivity contribution in [3.63, 3.8) is 0 Å². The molecule has 0 fully saturated rings. The first-order valence-corrected chi connectivity index (χ1v) is 5.93. The molecule has 3 heteroatoms. The van der Waals surface area contributed by atoms with Crippen LogP contribution in [0.15, 0.2) is 48.5 Å². The highest BCUT2D eigenvalue weighted by molar-refractivity contribution is 5.33. The van der Waals surface area contributed by atoms with Crippen molar-refractivity contribution in [2.75, 3.05) is 7.05 Å². The molecule has 0 aliphatic heterocycles. The van der Waals surface area contributed by atoms with Gasteiger partial charge in [0, 0.05) is 12.1 Å². The van der Waals surface area contributed by atoms with E-state index in [0.29, 0.717) is 6.61 Å². The lowest BCUT2D eigenvalue weighted by Crippen LogP contribution is -2.07. The highest BCUT2D eigenvalue weighted by atomic mass is 16.5. The summed E-state index contributed by atoms with van der Waals surface area (Å²) in [4.78, 5) is 0. The topological polar surface area (TPSA) is 41.5 Å². The van der Waals surface area contributed by atoms with Crippen LogP contribution in [0.25, 0.3) is 0 Å². The molecular weight excluding hydrogens is 226 g/mol. The van der Waals surface area contributed by atoms with Gasteiger partial charge in [-0.15, -0.1) is 0 Å². The number of hydrogen-bond acceptors (Lipinski definition) is 3. The van der Waals surface area contributed by atoms with E-state index in [0.717, 1.165) is 23.4 Å². The number of hydrogen-bond donors (Lipinski definition) is 2. The molecule has 0 bridgehead atoms. The largest absolute Gasteiger partial charge is 0.508 e. The molecule has 0 radical (unpaired) electrons. The SMILES string of the molecule is CNCc1ccccc1OCc1ccc(O)cc1. The summed E-state index contributed by atoms with van der Waals surface area (Å²) in [6.07, 6.45) is 0. The van der Waals surface area contributed by atoms with Crippen LogP contribution in [0.1, 0.15) is 11.1 Å². The first-order valence-electron chi connectivity index (χ1n) is 5.93. The van der Waals surface area contributed by atoms with Gasteiger partial charge in [-0.25, -0.2) is 0 Å². The van der Waals surface area contributed by atoms with Gasteiger partial charge in [0.1, 0.15) is 18.1 Å². The molecule has 3 nitrogen and oxygen atoms in total. The Hall–Kier alpha value is -2.00. The molecule has 0 aliphatic rings. The van der Waals surface area contributed by atoms with E-state index in [1.807, 2.05) is 43.4 Å². The molecule has 94 valence electrons. The van der Waals surface area contributed by atoms with E-state index in [-0.39, 0.29) is 5.75 Å². The highest BCUT2D eigenvalue weighted by Crippen LogP contribution is 2.19. The molecule has 0 aromatic heterocycles. The van der Waals surface area contributed by atoms with Crippen LogP contribution < -0.4 is 10.1 Å². The van der Waals surface area contributed by atoms with E-state index in [9.17, 15) is 5.11 Å². The van der Waals surface area contributed by atoms with Crippen molar-refractivity contribution in [3.8, 4) is 11.5 Å². The number of para-hydroxylation sites is 1. The normalized spacial score (nSPS) is 10.3. The van der Waals surface area contributed by atoms with Gasteiger partial charge >= 0.3 is 0 Å². The van der Waals surface area contributed by atoms with Crippen LogP contribution in [0.2, 0.25) is 0 Å². The highest BCUT2D eigenvalue weighted by Gasteiger charge is 2.02. The molecule has 0 amide bonds. The Morgan fingerprint density at radius 1 is 1.06 bits per heavy atom. The average molecular weight is 243 g/mol. The van der Waals surface area contributed by atoms with Crippen LogP contribution in [-0.2, 0) is 13.2 Å². The van der Waals surface area contributed by atoms with Crippen LogP contribution in [0.4, 0.5) is 0 Å². The van der Waals surface area contributed by atoms with Crippen molar-refractivity contribution in [2.24, 2.45) is 0 Å². The van der Waals surface area contributed by atoms with Crippen LogP contribution in [-0.4, -0.2) is 12.2 Å². The Balaban J connectivity index is 2.03. The molecule has 0 saturated carbocycles.